The molecule has 1 heterocycles. The molecule has 0 amide bonds. The first kappa shape index (κ1) is 12.7. The van der Waals surface area contributed by atoms with Gasteiger partial charge in [0.05, 0.1) is 24.4 Å². The first-order valence-electron chi connectivity index (χ1n) is 6.66. The molecule has 1 unspecified atom stereocenters. The van der Waals surface area contributed by atoms with Crippen molar-refractivity contribution in [3.05, 3.63) is 59.4 Å². The Morgan fingerprint density at radius 1 is 1.30 bits per heavy atom. The number of methoxy groups -OCH3 is 1. The molecule has 2 aromatic rings. The molecule has 1 aromatic carbocycles. The Labute approximate surface area is 117 Å². The quantitative estimate of drug-likeness (QED) is 0.869. The molecular formula is C16H16N2O2. The van der Waals surface area contributed by atoms with Gasteiger partial charge in [0.25, 0.3) is 0 Å². The molecule has 4 nitrogen and oxygen atoms in total. The molecule has 1 aliphatic rings. The molecule has 3 rings (SSSR count). The van der Waals surface area contributed by atoms with Crippen LogP contribution in [0.4, 0.5) is 5.69 Å². The number of ether oxygens (including phenoxy) is 1. The van der Waals surface area contributed by atoms with Crippen LogP contribution in [0.3, 0.4) is 0 Å². The van der Waals surface area contributed by atoms with Crippen LogP contribution in [0.15, 0.2) is 42.6 Å². The lowest BCUT2D eigenvalue weighted by molar-refractivity contribution is 0.0601. The second-order valence-corrected chi connectivity index (χ2v) is 4.85. The number of benzene rings is 1. The summed E-state index contributed by atoms with van der Waals surface area (Å²) in [5, 5.41) is 3.47. The molecule has 0 fully saturated rings. The zero-order valence-electron chi connectivity index (χ0n) is 11.3. The van der Waals surface area contributed by atoms with Crippen LogP contribution in [0.25, 0.3) is 0 Å². The Kier molecular flexibility index (Phi) is 3.37. The van der Waals surface area contributed by atoms with Crippen molar-refractivity contribution in [1.82, 2.24) is 4.98 Å². The summed E-state index contributed by atoms with van der Waals surface area (Å²) in [6.07, 6.45) is 3.94. The van der Waals surface area contributed by atoms with Crippen LogP contribution >= 0.6 is 0 Å². The van der Waals surface area contributed by atoms with Gasteiger partial charge in [0.15, 0.2) is 0 Å². The van der Waals surface area contributed by atoms with E-state index in [2.05, 4.69) is 21.1 Å². The van der Waals surface area contributed by atoms with E-state index < -0.39 is 0 Å². The van der Waals surface area contributed by atoms with Crippen LogP contribution in [0, 0.1) is 0 Å². The summed E-state index contributed by atoms with van der Waals surface area (Å²) in [7, 11) is 1.38. The number of hydrogen-bond acceptors (Lipinski definition) is 4. The maximum absolute atomic E-state index is 11.4. The molecule has 20 heavy (non-hydrogen) atoms. The third kappa shape index (κ3) is 2.37. The Hall–Kier alpha value is -2.36. The predicted molar refractivity (Wildman–Crippen MR) is 76.7 cm³/mol. The van der Waals surface area contributed by atoms with Crippen molar-refractivity contribution in [2.45, 2.75) is 18.9 Å². The second-order valence-electron chi connectivity index (χ2n) is 4.85. The van der Waals surface area contributed by atoms with Crippen molar-refractivity contribution in [2.24, 2.45) is 0 Å². The minimum Gasteiger partial charge on any atom is -0.465 e. The monoisotopic (exact) mass is 268 g/mol. The first-order valence-corrected chi connectivity index (χ1v) is 6.66. The molecule has 0 saturated heterocycles. The van der Waals surface area contributed by atoms with Gasteiger partial charge in [-0.3, -0.25) is 4.98 Å². The number of carbonyl (C=O) groups is 1. The third-order valence-corrected chi connectivity index (χ3v) is 3.61. The number of nitrogens with zero attached hydrogens (tertiary/aromatic N) is 1. The molecule has 0 aliphatic heterocycles. The second kappa shape index (κ2) is 5.33. The molecule has 4 heteroatoms. The van der Waals surface area contributed by atoms with E-state index in [-0.39, 0.29) is 12.0 Å². The highest BCUT2D eigenvalue weighted by Crippen LogP contribution is 2.31. The smallest absolute Gasteiger partial charge is 0.337 e. The fourth-order valence-corrected chi connectivity index (χ4v) is 2.57. The lowest BCUT2D eigenvalue weighted by atomic mass is 10.1. The molecule has 1 aliphatic carbocycles. The molecule has 0 spiro atoms. The van der Waals surface area contributed by atoms with Gasteiger partial charge in [0.1, 0.15) is 0 Å². The van der Waals surface area contributed by atoms with Gasteiger partial charge in [-0.05, 0) is 48.7 Å². The third-order valence-electron chi connectivity index (χ3n) is 3.61. The van der Waals surface area contributed by atoms with Crippen molar-refractivity contribution in [3.8, 4) is 0 Å². The van der Waals surface area contributed by atoms with Gasteiger partial charge in [-0.15, -0.1) is 0 Å². The summed E-state index contributed by atoms with van der Waals surface area (Å²) < 4.78 is 4.69. The molecule has 0 bridgehead atoms. The van der Waals surface area contributed by atoms with E-state index >= 15 is 0 Å². The standard InChI is InChI=1S/C16H16N2O2/c1-20-16(19)12-4-7-13(8-5-12)18-14-9-6-11-3-2-10-17-15(11)14/h2-5,7-8,10,14,18H,6,9H2,1H3. The number of pyridine rings is 1. The number of hydrogen-bond donors (Lipinski definition) is 1. The Balaban J connectivity index is 1.75. The van der Waals surface area contributed by atoms with Crippen molar-refractivity contribution in [3.63, 3.8) is 0 Å². The molecular weight excluding hydrogens is 252 g/mol. The van der Waals surface area contributed by atoms with Crippen LogP contribution in [-0.2, 0) is 11.2 Å². The Morgan fingerprint density at radius 2 is 2.10 bits per heavy atom. The SMILES string of the molecule is COC(=O)c1ccc(NC2CCc3cccnc32)cc1. The van der Waals surface area contributed by atoms with Crippen LogP contribution in [0.5, 0.6) is 0 Å². The highest BCUT2D eigenvalue weighted by atomic mass is 16.5. The van der Waals surface area contributed by atoms with Crippen LogP contribution in [0.1, 0.15) is 34.1 Å². The van der Waals surface area contributed by atoms with Crippen molar-refractivity contribution < 1.29 is 9.53 Å². The molecule has 1 aromatic heterocycles. The van der Waals surface area contributed by atoms with E-state index in [1.165, 1.54) is 12.7 Å². The molecule has 1 atom stereocenters. The van der Waals surface area contributed by atoms with E-state index in [9.17, 15) is 4.79 Å². The topological polar surface area (TPSA) is 51.2 Å². The van der Waals surface area contributed by atoms with Crippen molar-refractivity contribution >= 4 is 11.7 Å². The highest BCUT2D eigenvalue weighted by Gasteiger charge is 2.23. The van der Waals surface area contributed by atoms with Crippen LogP contribution in [0.2, 0.25) is 0 Å². The Morgan fingerprint density at radius 3 is 2.85 bits per heavy atom. The number of esters is 1. The maximum Gasteiger partial charge on any atom is 0.337 e. The zero-order chi connectivity index (χ0) is 13.9. The normalized spacial score (nSPS) is 16.6. The zero-order valence-corrected chi connectivity index (χ0v) is 11.3. The first-order chi connectivity index (χ1) is 9.78. The van der Waals surface area contributed by atoms with E-state index in [1.54, 1.807) is 12.1 Å². The minimum atomic E-state index is -0.315. The number of anilines is 1. The summed E-state index contributed by atoms with van der Waals surface area (Å²) in [6.45, 7) is 0. The number of aryl methyl sites for hydroxylation is 1. The highest BCUT2D eigenvalue weighted by molar-refractivity contribution is 5.89. The van der Waals surface area contributed by atoms with Gasteiger partial charge in [0, 0.05) is 11.9 Å². The average Bonchev–Trinajstić information content (AvgIpc) is 2.91. The fourth-order valence-electron chi connectivity index (χ4n) is 2.57. The maximum atomic E-state index is 11.4. The van der Waals surface area contributed by atoms with Gasteiger partial charge in [-0.25, -0.2) is 4.79 Å². The van der Waals surface area contributed by atoms with Gasteiger partial charge < -0.3 is 10.1 Å². The average molecular weight is 268 g/mol. The number of carbonyl (C=O) groups excluding carboxylic acids is 1. The fraction of sp³-hybridized carbons (Fsp3) is 0.250. The van der Waals surface area contributed by atoms with Crippen LogP contribution in [-0.4, -0.2) is 18.1 Å². The molecule has 102 valence electrons. The number of rotatable bonds is 3. The number of fused-ring (bicyclic) bond motifs is 1. The summed E-state index contributed by atoms with van der Waals surface area (Å²) in [5.41, 5.74) is 3.99. The predicted octanol–water partition coefficient (Wildman–Crippen LogP) is 2.97. The lowest BCUT2D eigenvalue weighted by Crippen LogP contribution is -2.09. The number of aromatic nitrogens is 1. The van der Waals surface area contributed by atoms with Gasteiger partial charge in [0.2, 0.25) is 0 Å². The van der Waals surface area contributed by atoms with E-state index in [0.717, 1.165) is 24.2 Å². The van der Waals surface area contributed by atoms with Gasteiger partial charge >= 0.3 is 5.97 Å². The molecule has 0 saturated carbocycles. The Bertz CT molecular complexity index is 623. The van der Waals surface area contributed by atoms with Gasteiger partial charge in [-0.2, -0.15) is 0 Å². The van der Waals surface area contributed by atoms with Gasteiger partial charge in [-0.1, -0.05) is 6.07 Å². The van der Waals surface area contributed by atoms with Crippen molar-refractivity contribution in [2.75, 3.05) is 12.4 Å². The van der Waals surface area contributed by atoms with E-state index in [4.69, 9.17) is 0 Å². The summed E-state index contributed by atoms with van der Waals surface area (Å²) in [6, 6.07) is 11.7. The summed E-state index contributed by atoms with van der Waals surface area (Å²) >= 11 is 0. The van der Waals surface area contributed by atoms with Crippen molar-refractivity contribution in [1.29, 1.82) is 0 Å². The molecule has 0 radical (unpaired) electrons. The largest absolute Gasteiger partial charge is 0.465 e. The summed E-state index contributed by atoms with van der Waals surface area (Å²) in [4.78, 5) is 15.8. The van der Waals surface area contributed by atoms with E-state index in [0.29, 0.717) is 5.56 Å². The lowest BCUT2D eigenvalue weighted by Gasteiger charge is -2.14. The minimum absolute atomic E-state index is 0.246. The van der Waals surface area contributed by atoms with E-state index in [1.807, 2.05) is 24.4 Å². The van der Waals surface area contributed by atoms with Crippen LogP contribution < -0.4 is 5.32 Å². The number of nitrogens with one attached hydrogen (secondary N) is 1. The molecule has 1 N–H and O–H groups in total. The summed E-state index contributed by atoms with van der Waals surface area (Å²) in [5.74, 6) is -0.315.